The van der Waals surface area contributed by atoms with Crippen LogP contribution in [-0.2, 0) is 6.42 Å². The van der Waals surface area contributed by atoms with Crippen molar-refractivity contribution in [3.8, 4) is 5.75 Å². The van der Waals surface area contributed by atoms with Gasteiger partial charge in [0.15, 0.2) is 0 Å². The minimum atomic E-state index is -4.81. The third kappa shape index (κ3) is 3.68. The second kappa shape index (κ2) is 5.95. The highest BCUT2D eigenvalue weighted by Crippen LogP contribution is 2.31. The summed E-state index contributed by atoms with van der Waals surface area (Å²) < 4.78 is 41.7. The molecule has 1 saturated heterocycles. The number of ether oxygens (including phenoxy) is 1. The van der Waals surface area contributed by atoms with Crippen molar-refractivity contribution in [2.24, 2.45) is 0 Å². The van der Waals surface area contributed by atoms with Crippen LogP contribution in [0.1, 0.15) is 41.3 Å². The summed E-state index contributed by atoms with van der Waals surface area (Å²) in [5.41, 5.74) is 1.53. The fourth-order valence-corrected chi connectivity index (χ4v) is 2.58. The van der Waals surface area contributed by atoms with Crippen LogP contribution in [-0.4, -0.2) is 30.3 Å². The van der Waals surface area contributed by atoms with Crippen molar-refractivity contribution in [2.75, 3.05) is 13.1 Å². The molecular formula is C15H18F3NO2. The van der Waals surface area contributed by atoms with Crippen LogP contribution in [0.2, 0.25) is 0 Å². The fourth-order valence-electron chi connectivity index (χ4n) is 2.58. The van der Waals surface area contributed by atoms with Crippen molar-refractivity contribution in [1.29, 1.82) is 0 Å². The van der Waals surface area contributed by atoms with Crippen LogP contribution < -0.4 is 4.74 Å². The van der Waals surface area contributed by atoms with E-state index in [1.54, 1.807) is 11.8 Å². The molecule has 1 amide bonds. The molecule has 0 spiro atoms. The smallest absolute Gasteiger partial charge is 0.405 e. The Kier molecular flexibility index (Phi) is 4.44. The summed E-state index contributed by atoms with van der Waals surface area (Å²) in [6.07, 6.45) is -2.46. The zero-order valence-corrected chi connectivity index (χ0v) is 12.1. The minimum Gasteiger partial charge on any atom is -0.405 e. The zero-order valence-electron chi connectivity index (χ0n) is 12.1. The van der Waals surface area contributed by atoms with E-state index in [1.165, 1.54) is 12.1 Å². The highest BCUT2D eigenvalue weighted by atomic mass is 19.4. The molecule has 0 saturated carbocycles. The van der Waals surface area contributed by atoms with E-state index >= 15 is 0 Å². The van der Waals surface area contributed by atoms with Crippen molar-refractivity contribution in [3.63, 3.8) is 0 Å². The molecular weight excluding hydrogens is 283 g/mol. The third-order valence-electron chi connectivity index (χ3n) is 3.67. The number of hydrogen-bond acceptors (Lipinski definition) is 2. The Labute approximate surface area is 121 Å². The third-order valence-corrected chi connectivity index (χ3v) is 3.67. The molecule has 1 aliphatic rings. The Morgan fingerprint density at radius 3 is 2.43 bits per heavy atom. The zero-order chi connectivity index (χ0) is 15.6. The second-order valence-corrected chi connectivity index (χ2v) is 5.18. The molecule has 0 unspecified atom stereocenters. The van der Waals surface area contributed by atoms with Crippen LogP contribution >= 0.6 is 0 Å². The van der Waals surface area contributed by atoms with Gasteiger partial charge < -0.3 is 9.64 Å². The van der Waals surface area contributed by atoms with Crippen molar-refractivity contribution in [2.45, 2.75) is 39.5 Å². The number of halogens is 3. The van der Waals surface area contributed by atoms with E-state index in [0.717, 1.165) is 24.0 Å². The molecule has 0 atom stereocenters. The van der Waals surface area contributed by atoms with Crippen LogP contribution in [0.15, 0.2) is 12.1 Å². The molecule has 21 heavy (non-hydrogen) atoms. The van der Waals surface area contributed by atoms with Crippen LogP contribution in [0.25, 0.3) is 0 Å². The quantitative estimate of drug-likeness (QED) is 0.852. The van der Waals surface area contributed by atoms with E-state index < -0.39 is 18.0 Å². The number of likely N-dealkylation sites (tertiary alicyclic amines) is 1. The molecule has 0 N–H and O–H groups in total. The number of benzene rings is 1. The van der Waals surface area contributed by atoms with Crippen molar-refractivity contribution in [3.05, 3.63) is 28.8 Å². The average molecular weight is 301 g/mol. The highest BCUT2D eigenvalue weighted by molar-refractivity contribution is 5.97. The van der Waals surface area contributed by atoms with Gasteiger partial charge in [-0.2, -0.15) is 0 Å². The molecule has 1 aromatic carbocycles. The largest absolute Gasteiger partial charge is 0.573 e. The molecule has 2 rings (SSSR count). The van der Waals surface area contributed by atoms with Gasteiger partial charge in [0.2, 0.25) is 0 Å². The van der Waals surface area contributed by atoms with E-state index in [2.05, 4.69) is 4.74 Å². The maximum atomic E-state index is 12.6. The minimum absolute atomic E-state index is 0.0103. The first kappa shape index (κ1) is 15.7. The summed E-state index contributed by atoms with van der Waals surface area (Å²) in [6, 6.07) is 2.83. The summed E-state index contributed by atoms with van der Waals surface area (Å²) in [5, 5.41) is 0. The molecule has 0 aliphatic carbocycles. The first-order valence-electron chi connectivity index (χ1n) is 7.00. The summed E-state index contributed by atoms with van der Waals surface area (Å²) >= 11 is 0. The Hall–Kier alpha value is -1.72. The SMILES string of the molecule is CCc1cc(OC(F)(F)F)c(C(=O)N2CCCC2)cc1C. The van der Waals surface area contributed by atoms with Crippen LogP contribution in [0, 0.1) is 6.92 Å². The fraction of sp³-hybridized carbons (Fsp3) is 0.533. The molecule has 1 heterocycles. The molecule has 3 nitrogen and oxygen atoms in total. The number of alkyl halides is 3. The van der Waals surface area contributed by atoms with Crippen LogP contribution in [0.3, 0.4) is 0 Å². The standard InChI is InChI=1S/C15H18F3NO2/c1-3-11-9-13(21-15(16,17)18)12(8-10(11)2)14(20)19-6-4-5-7-19/h8-9H,3-7H2,1-2H3. The van der Waals surface area contributed by atoms with Gasteiger partial charge in [-0.05, 0) is 49.4 Å². The first-order valence-corrected chi connectivity index (χ1v) is 7.00. The van der Waals surface area contributed by atoms with Gasteiger partial charge in [-0.25, -0.2) is 0 Å². The molecule has 6 heteroatoms. The number of amides is 1. The molecule has 0 radical (unpaired) electrons. The Morgan fingerprint density at radius 2 is 1.90 bits per heavy atom. The van der Waals surface area contributed by atoms with Crippen molar-refractivity contribution < 1.29 is 22.7 Å². The predicted molar refractivity (Wildman–Crippen MR) is 72.4 cm³/mol. The molecule has 0 aromatic heterocycles. The lowest BCUT2D eigenvalue weighted by atomic mass is 10.0. The van der Waals surface area contributed by atoms with Gasteiger partial charge in [0.1, 0.15) is 5.75 Å². The van der Waals surface area contributed by atoms with E-state index in [0.29, 0.717) is 19.5 Å². The van der Waals surface area contributed by atoms with E-state index in [9.17, 15) is 18.0 Å². The van der Waals surface area contributed by atoms with Crippen molar-refractivity contribution in [1.82, 2.24) is 4.90 Å². The van der Waals surface area contributed by atoms with Gasteiger partial charge in [0.05, 0.1) is 5.56 Å². The Morgan fingerprint density at radius 1 is 1.29 bits per heavy atom. The number of carbonyl (C=O) groups excluding carboxylic acids is 1. The second-order valence-electron chi connectivity index (χ2n) is 5.18. The maximum absolute atomic E-state index is 12.6. The predicted octanol–water partition coefficient (Wildman–Crippen LogP) is 3.69. The molecule has 1 fully saturated rings. The van der Waals surface area contributed by atoms with Gasteiger partial charge in [-0.1, -0.05) is 6.92 Å². The van der Waals surface area contributed by atoms with Gasteiger partial charge >= 0.3 is 6.36 Å². The average Bonchev–Trinajstić information content (AvgIpc) is 2.92. The van der Waals surface area contributed by atoms with Crippen LogP contribution in [0.5, 0.6) is 5.75 Å². The highest BCUT2D eigenvalue weighted by Gasteiger charge is 2.34. The lowest BCUT2D eigenvalue weighted by Crippen LogP contribution is -2.29. The number of hydrogen-bond donors (Lipinski definition) is 0. The number of aryl methyl sites for hydroxylation is 2. The van der Waals surface area contributed by atoms with E-state index in [-0.39, 0.29) is 5.56 Å². The topological polar surface area (TPSA) is 29.5 Å². The van der Waals surface area contributed by atoms with E-state index in [4.69, 9.17) is 0 Å². The van der Waals surface area contributed by atoms with Crippen LogP contribution in [0.4, 0.5) is 13.2 Å². The molecule has 1 aliphatic heterocycles. The van der Waals surface area contributed by atoms with Crippen molar-refractivity contribution >= 4 is 5.91 Å². The maximum Gasteiger partial charge on any atom is 0.573 e. The lowest BCUT2D eigenvalue weighted by Gasteiger charge is -2.20. The molecule has 1 aromatic rings. The lowest BCUT2D eigenvalue weighted by molar-refractivity contribution is -0.274. The number of nitrogens with zero attached hydrogens (tertiary/aromatic N) is 1. The summed E-state index contributed by atoms with van der Waals surface area (Å²) in [6.45, 7) is 4.80. The van der Waals surface area contributed by atoms with Gasteiger partial charge in [-0.15, -0.1) is 13.2 Å². The molecule has 116 valence electrons. The number of rotatable bonds is 3. The monoisotopic (exact) mass is 301 g/mol. The summed E-state index contributed by atoms with van der Waals surface area (Å²) in [5.74, 6) is -0.792. The van der Waals surface area contributed by atoms with Gasteiger partial charge in [0.25, 0.3) is 5.91 Å². The first-order chi connectivity index (χ1) is 9.81. The number of carbonyl (C=O) groups is 1. The summed E-state index contributed by atoms with van der Waals surface area (Å²) in [7, 11) is 0. The molecule has 0 bridgehead atoms. The van der Waals surface area contributed by atoms with Gasteiger partial charge in [-0.3, -0.25) is 4.79 Å². The summed E-state index contributed by atoms with van der Waals surface area (Å²) in [4.78, 5) is 14.0. The Balaban J connectivity index is 2.41. The normalized spacial score (nSPS) is 15.4. The van der Waals surface area contributed by atoms with E-state index in [1.807, 2.05) is 6.92 Å². The van der Waals surface area contributed by atoms with Gasteiger partial charge in [0, 0.05) is 13.1 Å². The Bertz CT molecular complexity index is 534.